The van der Waals surface area contributed by atoms with Crippen molar-refractivity contribution >= 4 is 5.91 Å². The first-order valence-corrected chi connectivity index (χ1v) is 6.43. The van der Waals surface area contributed by atoms with Gasteiger partial charge < -0.3 is 10.6 Å². The molecule has 90 valence electrons. The summed E-state index contributed by atoms with van der Waals surface area (Å²) in [6.45, 7) is 3.94. The van der Waals surface area contributed by atoms with E-state index in [0.29, 0.717) is 6.04 Å². The second-order valence-corrected chi connectivity index (χ2v) is 5.02. The van der Waals surface area contributed by atoms with Gasteiger partial charge in [-0.25, -0.2) is 0 Å². The molecule has 2 atom stereocenters. The van der Waals surface area contributed by atoms with Crippen molar-refractivity contribution in [1.82, 2.24) is 10.6 Å². The maximum absolute atomic E-state index is 12.3. The Morgan fingerprint density at radius 2 is 2.44 bits per heavy atom. The maximum atomic E-state index is 12.3. The van der Waals surface area contributed by atoms with E-state index in [9.17, 15) is 4.79 Å². The van der Waals surface area contributed by atoms with Gasteiger partial charge in [-0.3, -0.25) is 4.79 Å². The summed E-state index contributed by atoms with van der Waals surface area (Å²) < 4.78 is 0. The van der Waals surface area contributed by atoms with Gasteiger partial charge in [0.1, 0.15) is 0 Å². The minimum Gasteiger partial charge on any atom is -0.353 e. The van der Waals surface area contributed by atoms with Crippen LogP contribution in [0.15, 0.2) is 12.2 Å². The molecule has 0 saturated carbocycles. The number of nitrogens with one attached hydrogen (secondary N) is 2. The number of amides is 1. The zero-order valence-corrected chi connectivity index (χ0v) is 10.1. The van der Waals surface area contributed by atoms with E-state index in [2.05, 4.69) is 29.7 Å². The number of carbonyl (C=O) groups excluding carboxylic acids is 1. The monoisotopic (exact) mass is 222 g/mol. The van der Waals surface area contributed by atoms with Crippen molar-refractivity contribution in [2.45, 2.75) is 45.1 Å². The van der Waals surface area contributed by atoms with Crippen molar-refractivity contribution < 1.29 is 4.79 Å². The van der Waals surface area contributed by atoms with Crippen LogP contribution in [0.1, 0.15) is 39.0 Å². The van der Waals surface area contributed by atoms with E-state index in [1.807, 2.05) is 0 Å². The largest absolute Gasteiger partial charge is 0.353 e. The average Bonchev–Trinajstić information content (AvgIpc) is 2.80. The first-order valence-electron chi connectivity index (χ1n) is 6.43. The molecule has 1 heterocycles. The molecule has 0 aromatic carbocycles. The smallest absolute Gasteiger partial charge is 0.227 e. The zero-order valence-electron chi connectivity index (χ0n) is 10.1. The van der Waals surface area contributed by atoms with E-state index in [4.69, 9.17) is 0 Å². The van der Waals surface area contributed by atoms with Crippen molar-refractivity contribution in [1.29, 1.82) is 0 Å². The number of rotatable bonds is 3. The van der Waals surface area contributed by atoms with Crippen LogP contribution in [0.2, 0.25) is 0 Å². The Kier molecular flexibility index (Phi) is 3.64. The van der Waals surface area contributed by atoms with E-state index in [-0.39, 0.29) is 11.3 Å². The Bertz CT molecular complexity index is 280. The van der Waals surface area contributed by atoms with Crippen LogP contribution < -0.4 is 10.6 Å². The van der Waals surface area contributed by atoms with Crippen molar-refractivity contribution in [3.8, 4) is 0 Å². The summed E-state index contributed by atoms with van der Waals surface area (Å²) in [5.41, 5.74) is -0.138. The molecule has 2 N–H and O–H groups in total. The summed E-state index contributed by atoms with van der Waals surface area (Å²) in [6, 6.07) is 0.363. The fraction of sp³-hybridized carbons (Fsp3) is 0.769. The number of hydrogen-bond acceptors (Lipinski definition) is 2. The molecule has 1 fully saturated rings. The summed E-state index contributed by atoms with van der Waals surface area (Å²) in [7, 11) is 0. The van der Waals surface area contributed by atoms with Crippen LogP contribution in [0, 0.1) is 5.41 Å². The summed E-state index contributed by atoms with van der Waals surface area (Å²) in [4.78, 5) is 12.3. The van der Waals surface area contributed by atoms with Gasteiger partial charge >= 0.3 is 0 Å². The standard InChI is InChI=1S/C13H22N2O/c1-2-13(8-9-14-10-13)12(16)15-11-6-4-3-5-7-11/h3-4,11,14H,2,5-10H2,1H3,(H,15,16). The van der Waals surface area contributed by atoms with Crippen LogP contribution in [-0.2, 0) is 4.79 Å². The third-order valence-corrected chi connectivity index (χ3v) is 4.01. The highest BCUT2D eigenvalue weighted by Crippen LogP contribution is 2.30. The Hall–Kier alpha value is -0.830. The van der Waals surface area contributed by atoms with Gasteiger partial charge in [-0.2, -0.15) is 0 Å². The van der Waals surface area contributed by atoms with Gasteiger partial charge in [-0.1, -0.05) is 19.1 Å². The highest BCUT2D eigenvalue weighted by molar-refractivity contribution is 5.83. The second kappa shape index (κ2) is 5.00. The molecular weight excluding hydrogens is 200 g/mol. The molecule has 1 saturated heterocycles. The van der Waals surface area contributed by atoms with Crippen molar-refractivity contribution in [3.63, 3.8) is 0 Å². The molecule has 2 unspecified atom stereocenters. The number of allylic oxidation sites excluding steroid dienone is 1. The van der Waals surface area contributed by atoms with Crippen LogP contribution >= 0.6 is 0 Å². The van der Waals surface area contributed by atoms with Gasteiger partial charge in [0.05, 0.1) is 5.41 Å². The van der Waals surface area contributed by atoms with Crippen LogP contribution in [0.3, 0.4) is 0 Å². The molecule has 0 radical (unpaired) electrons. The molecule has 3 nitrogen and oxygen atoms in total. The summed E-state index contributed by atoms with van der Waals surface area (Å²) in [5.74, 6) is 0.264. The van der Waals surface area contributed by atoms with Gasteiger partial charge in [0.15, 0.2) is 0 Å². The summed E-state index contributed by atoms with van der Waals surface area (Å²) in [5, 5.41) is 6.53. The molecular formula is C13H22N2O. The average molecular weight is 222 g/mol. The molecule has 0 aromatic heterocycles. The summed E-state index contributed by atoms with van der Waals surface area (Å²) >= 11 is 0. The molecule has 1 amide bonds. The molecule has 2 aliphatic rings. The van der Waals surface area contributed by atoms with Crippen molar-refractivity contribution in [2.75, 3.05) is 13.1 Å². The second-order valence-electron chi connectivity index (χ2n) is 5.02. The Morgan fingerprint density at radius 1 is 1.56 bits per heavy atom. The van der Waals surface area contributed by atoms with E-state index in [1.54, 1.807) is 0 Å². The predicted octanol–water partition coefficient (Wildman–Crippen LogP) is 1.60. The fourth-order valence-corrected chi connectivity index (χ4v) is 2.66. The van der Waals surface area contributed by atoms with Crippen LogP contribution in [0.25, 0.3) is 0 Å². The van der Waals surface area contributed by atoms with E-state index in [0.717, 1.165) is 45.2 Å². The molecule has 2 rings (SSSR count). The van der Waals surface area contributed by atoms with Crippen molar-refractivity contribution in [3.05, 3.63) is 12.2 Å². The predicted molar refractivity (Wildman–Crippen MR) is 65.1 cm³/mol. The quantitative estimate of drug-likeness (QED) is 0.712. The molecule has 1 aliphatic carbocycles. The van der Waals surface area contributed by atoms with Gasteiger partial charge in [0.25, 0.3) is 0 Å². The lowest BCUT2D eigenvalue weighted by molar-refractivity contribution is -0.131. The molecule has 0 aromatic rings. The van der Waals surface area contributed by atoms with Crippen LogP contribution in [-0.4, -0.2) is 25.0 Å². The lowest BCUT2D eigenvalue weighted by Gasteiger charge is -2.29. The fourth-order valence-electron chi connectivity index (χ4n) is 2.66. The normalized spacial score (nSPS) is 33.9. The highest BCUT2D eigenvalue weighted by Gasteiger charge is 2.39. The van der Waals surface area contributed by atoms with Crippen LogP contribution in [0.4, 0.5) is 0 Å². The molecule has 0 bridgehead atoms. The van der Waals surface area contributed by atoms with E-state index in [1.165, 1.54) is 0 Å². The van der Waals surface area contributed by atoms with Crippen molar-refractivity contribution in [2.24, 2.45) is 5.41 Å². The third-order valence-electron chi connectivity index (χ3n) is 4.01. The SMILES string of the molecule is CCC1(C(=O)NC2CC=CCC2)CCNC1. The zero-order chi connectivity index (χ0) is 11.4. The van der Waals surface area contributed by atoms with Gasteiger partial charge in [-0.15, -0.1) is 0 Å². The lowest BCUT2D eigenvalue weighted by Crippen LogP contribution is -2.46. The summed E-state index contributed by atoms with van der Waals surface area (Å²) in [6.07, 6.45) is 9.50. The molecule has 1 aliphatic heterocycles. The maximum Gasteiger partial charge on any atom is 0.227 e. The Balaban J connectivity index is 1.93. The topological polar surface area (TPSA) is 41.1 Å². The van der Waals surface area contributed by atoms with E-state index < -0.39 is 0 Å². The van der Waals surface area contributed by atoms with Gasteiger partial charge in [0.2, 0.25) is 5.91 Å². The molecule has 16 heavy (non-hydrogen) atoms. The Morgan fingerprint density at radius 3 is 3.00 bits per heavy atom. The van der Waals surface area contributed by atoms with Crippen LogP contribution in [0.5, 0.6) is 0 Å². The lowest BCUT2D eigenvalue weighted by atomic mass is 9.82. The van der Waals surface area contributed by atoms with Gasteiger partial charge in [-0.05, 0) is 38.6 Å². The first-order chi connectivity index (χ1) is 7.77. The number of carbonyl (C=O) groups is 1. The minimum atomic E-state index is -0.138. The minimum absolute atomic E-state index is 0.138. The van der Waals surface area contributed by atoms with E-state index >= 15 is 0 Å². The highest BCUT2D eigenvalue weighted by atomic mass is 16.2. The number of hydrogen-bond donors (Lipinski definition) is 2. The molecule has 0 spiro atoms. The Labute approximate surface area is 97.7 Å². The first kappa shape index (κ1) is 11.6. The third kappa shape index (κ3) is 2.29. The van der Waals surface area contributed by atoms with Gasteiger partial charge in [0, 0.05) is 12.6 Å². The molecule has 3 heteroatoms.